The molecule has 0 N–H and O–H groups in total. The number of hydrogen-bond acceptors (Lipinski definition) is 6. The van der Waals surface area contributed by atoms with E-state index in [0.29, 0.717) is 28.2 Å². The van der Waals surface area contributed by atoms with Gasteiger partial charge in [-0.25, -0.2) is 4.57 Å². The van der Waals surface area contributed by atoms with Gasteiger partial charge in [0.25, 0.3) is 0 Å². The minimum Gasteiger partial charge on any atom is -0.417 e. The van der Waals surface area contributed by atoms with E-state index in [2.05, 4.69) is 0 Å². The molecule has 0 heterocycles. The molecule has 7 heteroatoms. The average molecular weight is 389 g/mol. The van der Waals surface area contributed by atoms with Crippen molar-refractivity contribution >= 4 is 24.0 Å². The van der Waals surface area contributed by atoms with E-state index in [1.807, 2.05) is 13.0 Å². The highest BCUT2D eigenvalue weighted by Crippen LogP contribution is 2.60. The lowest BCUT2D eigenvalue weighted by molar-refractivity contribution is 0.103. The van der Waals surface area contributed by atoms with Crippen LogP contribution in [0.1, 0.15) is 41.8 Å². The van der Waals surface area contributed by atoms with Crippen LogP contribution in [-0.4, -0.2) is 18.1 Å². The second kappa shape index (κ2) is 9.59. The summed E-state index contributed by atoms with van der Waals surface area (Å²) in [5, 5.41) is 8.84. The molecule has 2 aromatic rings. The van der Waals surface area contributed by atoms with Gasteiger partial charge in [0, 0.05) is 16.9 Å². The van der Waals surface area contributed by atoms with Gasteiger partial charge in [-0.1, -0.05) is 19.1 Å². The van der Waals surface area contributed by atoms with Crippen LogP contribution in [0.4, 0.5) is 0 Å². The Morgan fingerprint density at radius 3 is 2.50 bits per heavy atom. The molecule has 0 aliphatic carbocycles. The third kappa shape index (κ3) is 5.47. The summed E-state index contributed by atoms with van der Waals surface area (Å²) in [5.74, 6) is 0.776. The van der Waals surface area contributed by atoms with E-state index in [0.717, 1.165) is 17.8 Å². The molecule has 0 bridgehead atoms. The Morgan fingerprint density at radius 1 is 1.15 bits per heavy atom. The lowest BCUT2D eigenvalue weighted by Gasteiger charge is -2.17. The molecule has 0 saturated heterocycles. The van der Waals surface area contributed by atoms with Gasteiger partial charge in [-0.15, -0.1) is 0 Å². The number of rotatable bonds is 9. The van der Waals surface area contributed by atoms with Gasteiger partial charge in [0.2, 0.25) is 0 Å². The second-order valence-electron chi connectivity index (χ2n) is 5.34. The maximum atomic E-state index is 12.8. The topological polar surface area (TPSA) is 76.4 Å². The molecule has 2 aromatic carbocycles. The third-order valence-electron chi connectivity index (χ3n) is 3.33. The van der Waals surface area contributed by atoms with Crippen LogP contribution in [0.25, 0.3) is 0 Å². The molecular weight excluding hydrogens is 369 g/mol. The Hall–Kier alpha value is -2.06. The maximum absolute atomic E-state index is 12.8. The lowest BCUT2D eigenvalue weighted by Crippen LogP contribution is -2.02. The van der Waals surface area contributed by atoms with Crippen LogP contribution in [-0.2, 0) is 9.09 Å². The average Bonchev–Trinajstić information content (AvgIpc) is 2.66. The summed E-state index contributed by atoms with van der Waals surface area (Å²) < 4.78 is 23.7. The Labute approximate surface area is 157 Å². The van der Waals surface area contributed by atoms with Crippen LogP contribution in [0.2, 0.25) is 0 Å². The zero-order valence-electron chi connectivity index (χ0n) is 14.7. The van der Waals surface area contributed by atoms with Gasteiger partial charge in [0.15, 0.2) is 5.78 Å². The molecule has 0 aromatic heterocycles. The molecule has 0 spiro atoms. The predicted octanol–water partition coefficient (Wildman–Crippen LogP) is 5.46. The highest BCUT2D eigenvalue weighted by molar-refractivity contribution is 8.55. The molecule has 0 fully saturated rings. The summed E-state index contributed by atoms with van der Waals surface area (Å²) in [7, 11) is 0. The molecule has 0 amide bonds. The van der Waals surface area contributed by atoms with Crippen LogP contribution < -0.4 is 4.52 Å². The number of ketones is 1. The minimum atomic E-state index is -3.32. The zero-order valence-corrected chi connectivity index (χ0v) is 16.4. The first-order valence-corrected chi connectivity index (χ1v) is 11.4. The molecule has 26 heavy (non-hydrogen) atoms. The largest absolute Gasteiger partial charge is 0.440 e. The Bertz CT molecular complexity index is 845. The fraction of sp³-hybridized carbons (Fsp3) is 0.263. The number of hydrogen-bond donors (Lipinski definition) is 0. The highest BCUT2D eigenvalue weighted by atomic mass is 32.7. The molecule has 0 radical (unpaired) electrons. The monoisotopic (exact) mass is 389 g/mol. The summed E-state index contributed by atoms with van der Waals surface area (Å²) in [5.41, 5.74) is 1.37. The van der Waals surface area contributed by atoms with E-state index < -0.39 is 6.80 Å². The van der Waals surface area contributed by atoms with Crippen molar-refractivity contribution in [1.29, 1.82) is 5.26 Å². The van der Waals surface area contributed by atoms with Gasteiger partial charge in [0.05, 0.1) is 18.2 Å². The van der Waals surface area contributed by atoms with Crippen molar-refractivity contribution in [2.24, 2.45) is 0 Å². The van der Waals surface area contributed by atoms with Crippen molar-refractivity contribution in [2.45, 2.75) is 20.3 Å². The van der Waals surface area contributed by atoms with E-state index in [1.54, 1.807) is 55.5 Å². The number of carbonyl (C=O) groups excluding carboxylic acids is 1. The standard InChI is InChI=1S/C19H20NO4PS/c1-3-12-26-25(22,23-4-2)24-18-7-5-6-17(13-18)19(21)16-10-8-15(14-20)9-11-16/h5-11,13H,3-4,12H2,1-2H3. The zero-order chi connectivity index (χ0) is 19.0. The molecule has 5 nitrogen and oxygen atoms in total. The Balaban J connectivity index is 2.21. The quantitative estimate of drug-likeness (QED) is 0.419. The summed E-state index contributed by atoms with van der Waals surface area (Å²) in [6, 6.07) is 15.0. The number of carbonyl (C=O) groups is 1. The summed E-state index contributed by atoms with van der Waals surface area (Å²) >= 11 is 1.15. The van der Waals surface area contributed by atoms with E-state index in [9.17, 15) is 9.36 Å². The van der Waals surface area contributed by atoms with Crippen LogP contribution >= 0.6 is 18.2 Å². The SMILES string of the molecule is CCCSP(=O)(OCC)Oc1cccc(C(=O)c2ccc(C#N)cc2)c1. The molecule has 136 valence electrons. The molecular formula is C19H20NO4PS. The first-order valence-electron chi connectivity index (χ1n) is 8.25. The van der Waals surface area contributed by atoms with E-state index in [-0.39, 0.29) is 12.4 Å². The van der Waals surface area contributed by atoms with Gasteiger partial charge in [-0.2, -0.15) is 5.26 Å². The van der Waals surface area contributed by atoms with Crippen LogP contribution in [0, 0.1) is 11.3 Å². The van der Waals surface area contributed by atoms with Gasteiger partial charge in [-0.3, -0.25) is 9.32 Å². The van der Waals surface area contributed by atoms with Crippen molar-refractivity contribution in [3.05, 3.63) is 65.2 Å². The van der Waals surface area contributed by atoms with Crippen molar-refractivity contribution < 1.29 is 18.4 Å². The van der Waals surface area contributed by atoms with Crippen molar-refractivity contribution in [3.63, 3.8) is 0 Å². The minimum absolute atomic E-state index is 0.201. The second-order valence-corrected chi connectivity index (χ2v) is 9.45. The Kier molecular flexibility index (Phi) is 7.47. The van der Waals surface area contributed by atoms with Crippen LogP contribution in [0.15, 0.2) is 48.5 Å². The first kappa shape index (κ1) is 20.3. The molecule has 2 rings (SSSR count). The first-order chi connectivity index (χ1) is 12.5. The summed E-state index contributed by atoms with van der Waals surface area (Å²) in [4.78, 5) is 12.6. The molecule has 1 atom stereocenters. The summed E-state index contributed by atoms with van der Waals surface area (Å²) in [6.45, 7) is 0.698. The van der Waals surface area contributed by atoms with Crippen molar-refractivity contribution in [1.82, 2.24) is 0 Å². The number of benzene rings is 2. The fourth-order valence-corrected chi connectivity index (χ4v) is 5.59. The van der Waals surface area contributed by atoms with Gasteiger partial charge < -0.3 is 4.52 Å². The predicted molar refractivity (Wildman–Crippen MR) is 104 cm³/mol. The smallest absolute Gasteiger partial charge is 0.417 e. The van der Waals surface area contributed by atoms with Crippen LogP contribution in [0.3, 0.4) is 0 Å². The maximum Gasteiger partial charge on any atom is 0.440 e. The van der Waals surface area contributed by atoms with Crippen molar-refractivity contribution in [3.8, 4) is 11.8 Å². The normalized spacial score (nSPS) is 12.8. The van der Waals surface area contributed by atoms with Gasteiger partial charge >= 0.3 is 6.80 Å². The third-order valence-corrected chi connectivity index (χ3v) is 7.28. The molecule has 0 aliphatic heterocycles. The Morgan fingerprint density at radius 2 is 1.88 bits per heavy atom. The number of nitriles is 1. The fourth-order valence-electron chi connectivity index (χ4n) is 2.14. The van der Waals surface area contributed by atoms with Gasteiger partial charge in [-0.05, 0) is 61.1 Å². The van der Waals surface area contributed by atoms with E-state index >= 15 is 0 Å². The summed E-state index contributed by atoms with van der Waals surface area (Å²) in [6.07, 6.45) is 0.850. The van der Waals surface area contributed by atoms with Gasteiger partial charge in [0.1, 0.15) is 5.75 Å². The molecule has 0 aliphatic rings. The van der Waals surface area contributed by atoms with E-state index in [1.165, 1.54) is 0 Å². The molecule has 1 unspecified atom stereocenters. The number of nitrogens with zero attached hydrogens (tertiary/aromatic N) is 1. The van der Waals surface area contributed by atoms with Crippen LogP contribution in [0.5, 0.6) is 5.75 Å². The highest BCUT2D eigenvalue weighted by Gasteiger charge is 2.26. The van der Waals surface area contributed by atoms with Crippen molar-refractivity contribution in [2.75, 3.05) is 12.4 Å². The van der Waals surface area contributed by atoms with E-state index in [4.69, 9.17) is 14.3 Å². The molecule has 0 saturated carbocycles. The lowest BCUT2D eigenvalue weighted by atomic mass is 10.0.